The van der Waals surface area contributed by atoms with Crippen LogP contribution in [-0.2, 0) is 6.54 Å². The van der Waals surface area contributed by atoms with Gasteiger partial charge in [0.2, 0.25) is 0 Å². The number of hydrogen-bond donors (Lipinski definition) is 1. The fraction of sp³-hybridized carbons (Fsp3) is 0.143. The largest absolute Gasteiger partial charge is 0.455 e. The Bertz CT molecular complexity index is 572. The maximum Gasteiger partial charge on any atom is 0.147 e. The Hall–Kier alpha value is -1.03. The van der Waals surface area contributed by atoms with Gasteiger partial charge in [0.25, 0.3) is 0 Å². The summed E-state index contributed by atoms with van der Waals surface area (Å²) in [5.74, 6) is 1.40. The van der Waals surface area contributed by atoms with Crippen LogP contribution in [0.5, 0.6) is 11.5 Å². The number of rotatable bonds is 3. The van der Waals surface area contributed by atoms with E-state index in [1.54, 1.807) is 6.07 Å². The van der Waals surface area contributed by atoms with Crippen LogP contribution in [0.15, 0.2) is 40.9 Å². The number of para-hydroxylation sites is 1. The minimum absolute atomic E-state index is 0.433. The van der Waals surface area contributed by atoms with Gasteiger partial charge in [-0.05, 0) is 30.7 Å². The van der Waals surface area contributed by atoms with E-state index >= 15 is 0 Å². The molecule has 0 fully saturated rings. The first-order valence-electron chi connectivity index (χ1n) is 5.53. The number of halogens is 2. The van der Waals surface area contributed by atoms with E-state index in [0.717, 1.165) is 21.3 Å². The Morgan fingerprint density at radius 2 is 2.06 bits per heavy atom. The van der Waals surface area contributed by atoms with Crippen molar-refractivity contribution in [2.75, 3.05) is 0 Å². The molecule has 0 saturated carbocycles. The molecule has 0 aliphatic heterocycles. The minimum atomic E-state index is 0.433. The van der Waals surface area contributed by atoms with Gasteiger partial charge in [0.05, 0.1) is 5.02 Å². The number of aryl methyl sites for hydroxylation is 1. The van der Waals surface area contributed by atoms with Crippen molar-refractivity contribution in [3.8, 4) is 11.5 Å². The van der Waals surface area contributed by atoms with E-state index in [2.05, 4.69) is 15.9 Å². The summed E-state index contributed by atoms with van der Waals surface area (Å²) in [6.45, 7) is 2.42. The van der Waals surface area contributed by atoms with E-state index in [1.807, 2.05) is 37.3 Å². The Morgan fingerprint density at radius 3 is 2.78 bits per heavy atom. The highest BCUT2D eigenvalue weighted by atomic mass is 79.9. The van der Waals surface area contributed by atoms with E-state index in [0.29, 0.717) is 17.3 Å². The van der Waals surface area contributed by atoms with Gasteiger partial charge in [0, 0.05) is 16.6 Å². The molecule has 2 rings (SSSR count). The van der Waals surface area contributed by atoms with E-state index < -0.39 is 0 Å². The quantitative estimate of drug-likeness (QED) is 0.890. The molecule has 2 aromatic rings. The summed E-state index contributed by atoms with van der Waals surface area (Å²) in [6.07, 6.45) is 0. The van der Waals surface area contributed by atoms with Crippen LogP contribution in [0.25, 0.3) is 0 Å². The third-order valence-electron chi connectivity index (χ3n) is 2.62. The van der Waals surface area contributed by atoms with Crippen LogP contribution in [0.4, 0.5) is 0 Å². The van der Waals surface area contributed by atoms with Gasteiger partial charge >= 0.3 is 0 Å². The second kappa shape index (κ2) is 5.74. The average Bonchev–Trinajstić information content (AvgIpc) is 2.36. The Kier molecular flexibility index (Phi) is 4.27. The molecule has 0 amide bonds. The molecule has 0 unspecified atom stereocenters. The number of ether oxygens (including phenoxy) is 1. The fourth-order valence-electron chi connectivity index (χ4n) is 1.69. The third kappa shape index (κ3) is 2.86. The molecule has 2 nitrogen and oxygen atoms in total. The van der Waals surface area contributed by atoms with E-state index in [4.69, 9.17) is 22.1 Å². The molecular formula is C14H13BrClNO. The molecular weight excluding hydrogens is 314 g/mol. The van der Waals surface area contributed by atoms with Crippen molar-refractivity contribution >= 4 is 27.5 Å². The van der Waals surface area contributed by atoms with Crippen LogP contribution in [0.3, 0.4) is 0 Å². The maximum atomic E-state index is 6.12. The molecule has 0 radical (unpaired) electrons. The van der Waals surface area contributed by atoms with Crippen molar-refractivity contribution in [2.45, 2.75) is 13.5 Å². The van der Waals surface area contributed by atoms with E-state index in [9.17, 15) is 0 Å². The standard InChI is InChI=1S/C14H13BrClNO/c1-9-3-2-4-10(8-17)14(9)18-13-7-11(15)5-6-12(13)16/h2-7H,8,17H2,1H3. The fourth-order valence-corrected chi connectivity index (χ4v) is 2.18. The highest BCUT2D eigenvalue weighted by molar-refractivity contribution is 9.10. The van der Waals surface area contributed by atoms with Gasteiger partial charge in [-0.2, -0.15) is 0 Å². The second-order valence-corrected chi connectivity index (χ2v) is 5.27. The summed E-state index contributed by atoms with van der Waals surface area (Å²) in [5, 5.41) is 0.574. The van der Waals surface area contributed by atoms with Crippen LogP contribution in [0, 0.1) is 6.92 Å². The first kappa shape index (κ1) is 13.4. The highest BCUT2D eigenvalue weighted by Gasteiger charge is 2.09. The first-order valence-corrected chi connectivity index (χ1v) is 6.70. The van der Waals surface area contributed by atoms with Crippen molar-refractivity contribution in [3.63, 3.8) is 0 Å². The lowest BCUT2D eigenvalue weighted by atomic mass is 10.1. The van der Waals surface area contributed by atoms with Gasteiger partial charge < -0.3 is 10.5 Å². The van der Waals surface area contributed by atoms with Gasteiger partial charge in [0.15, 0.2) is 0 Å². The molecule has 0 atom stereocenters. The summed E-state index contributed by atoms with van der Waals surface area (Å²) in [5.41, 5.74) is 7.72. The molecule has 0 heterocycles. The molecule has 0 aromatic heterocycles. The summed E-state index contributed by atoms with van der Waals surface area (Å²) in [4.78, 5) is 0. The van der Waals surface area contributed by atoms with Crippen molar-refractivity contribution in [1.29, 1.82) is 0 Å². The van der Waals surface area contributed by atoms with Crippen LogP contribution in [-0.4, -0.2) is 0 Å². The highest BCUT2D eigenvalue weighted by Crippen LogP contribution is 2.35. The number of hydrogen-bond acceptors (Lipinski definition) is 2. The normalized spacial score (nSPS) is 10.4. The molecule has 0 spiro atoms. The summed E-state index contributed by atoms with van der Waals surface area (Å²) < 4.78 is 6.82. The molecule has 2 N–H and O–H groups in total. The summed E-state index contributed by atoms with van der Waals surface area (Å²) in [7, 11) is 0. The Morgan fingerprint density at radius 1 is 1.28 bits per heavy atom. The number of nitrogens with two attached hydrogens (primary N) is 1. The second-order valence-electron chi connectivity index (χ2n) is 3.94. The van der Waals surface area contributed by atoms with E-state index in [-0.39, 0.29) is 0 Å². The van der Waals surface area contributed by atoms with Gasteiger partial charge in [-0.3, -0.25) is 0 Å². The van der Waals surface area contributed by atoms with Crippen LogP contribution in [0.2, 0.25) is 5.02 Å². The van der Waals surface area contributed by atoms with Gasteiger partial charge in [-0.1, -0.05) is 45.7 Å². The summed E-state index contributed by atoms with van der Waals surface area (Å²) in [6, 6.07) is 11.4. The topological polar surface area (TPSA) is 35.2 Å². The van der Waals surface area contributed by atoms with Crippen LogP contribution in [0.1, 0.15) is 11.1 Å². The zero-order valence-electron chi connectivity index (χ0n) is 9.91. The average molecular weight is 327 g/mol. The van der Waals surface area contributed by atoms with Crippen molar-refractivity contribution in [1.82, 2.24) is 0 Å². The number of benzene rings is 2. The Balaban J connectivity index is 2.42. The maximum absolute atomic E-state index is 6.12. The van der Waals surface area contributed by atoms with Crippen molar-refractivity contribution in [3.05, 3.63) is 57.0 Å². The molecule has 0 bridgehead atoms. The Labute approximate surface area is 120 Å². The van der Waals surface area contributed by atoms with Gasteiger partial charge in [0.1, 0.15) is 11.5 Å². The molecule has 18 heavy (non-hydrogen) atoms. The van der Waals surface area contributed by atoms with Gasteiger partial charge in [-0.25, -0.2) is 0 Å². The zero-order valence-corrected chi connectivity index (χ0v) is 12.3. The minimum Gasteiger partial charge on any atom is -0.455 e. The van der Waals surface area contributed by atoms with Crippen molar-refractivity contribution in [2.24, 2.45) is 5.73 Å². The SMILES string of the molecule is Cc1cccc(CN)c1Oc1cc(Br)ccc1Cl. The summed E-state index contributed by atoms with van der Waals surface area (Å²) >= 11 is 9.52. The van der Waals surface area contributed by atoms with Crippen molar-refractivity contribution < 1.29 is 4.74 Å². The predicted octanol–water partition coefficient (Wildman–Crippen LogP) is 4.66. The molecule has 0 aliphatic rings. The lowest BCUT2D eigenvalue weighted by Crippen LogP contribution is -2.01. The lowest BCUT2D eigenvalue weighted by molar-refractivity contribution is 0.472. The lowest BCUT2D eigenvalue weighted by Gasteiger charge is -2.14. The van der Waals surface area contributed by atoms with E-state index in [1.165, 1.54) is 0 Å². The van der Waals surface area contributed by atoms with Crippen LogP contribution < -0.4 is 10.5 Å². The molecule has 2 aromatic carbocycles. The molecule has 0 saturated heterocycles. The third-order valence-corrected chi connectivity index (χ3v) is 3.42. The first-order chi connectivity index (χ1) is 8.61. The van der Waals surface area contributed by atoms with Crippen LogP contribution >= 0.6 is 27.5 Å². The predicted molar refractivity (Wildman–Crippen MR) is 78.3 cm³/mol. The molecule has 4 heteroatoms. The van der Waals surface area contributed by atoms with Gasteiger partial charge in [-0.15, -0.1) is 0 Å². The molecule has 0 aliphatic carbocycles. The monoisotopic (exact) mass is 325 g/mol. The smallest absolute Gasteiger partial charge is 0.147 e. The zero-order chi connectivity index (χ0) is 13.1. The molecule has 94 valence electrons.